The molecule has 0 saturated carbocycles. The van der Waals surface area contributed by atoms with E-state index in [1.807, 2.05) is 0 Å². The average Bonchev–Trinajstić information content (AvgIpc) is 2.45. The lowest BCUT2D eigenvalue weighted by atomic mass is 10.2. The summed E-state index contributed by atoms with van der Waals surface area (Å²) in [7, 11) is 1.23. The highest BCUT2D eigenvalue weighted by Crippen LogP contribution is 2.28. The van der Waals surface area contributed by atoms with Crippen molar-refractivity contribution in [1.82, 2.24) is 10.2 Å². The molecule has 1 unspecified atom stereocenters. The fourth-order valence-corrected chi connectivity index (χ4v) is 1.84. The molecule has 0 aromatic carbocycles. The van der Waals surface area contributed by atoms with Gasteiger partial charge < -0.3 is 14.4 Å². The van der Waals surface area contributed by atoms with E-state index >= 15 is 0 Å². The van der Waals surface area contributed by atoms with E-state index in [1.165, 1.54) is 18.1 Å². The minimum Gasteiger partial charge on any atom is -0.467 e. The summed E-state index contributed by atoms with van der Waals surface area (Å²) >= 11 is 0. The Labute approximate surface area is 112 Å². The molecule has 1 aliphatic rings. The van der Waals surface area contributed by atoms with Gasteiger partial charge in [0.1, 0.15) is 0 Å². The second kappa shape index (κ2) is 5.61. The van der Waals surface area contributed by atoms with Crippen molar-refractivity contribution >= 4 is 11.8 Å². The Bertz CT molecular complexity index is 478. The summed E-state index contributed by atoms with van der Waals surface area (Å²) in [5.74, 6) is -0.358. The molecule has 6 nitrogen and oxygen atoms in total. The van der Waals surface area contributed by atoms with Crippen LogP contribution in [0.3, 0.4) is 0 Å². The van der Waals surface area contributed by atoms with Crippen LogP contribution < -0.4 is 4.90 Å². The third-order valence-corrected chi connectivity index (χ3v) is 2.84. The van der Waals surface area contributed by atoms with Gasteiger partial charge in [0.05, 0.1) is 20.3 Å². The van der Waals surface area contributed by atoms with Crippen LogP contribution in [-0.2, 0) is 20.4 Å². The molecule has 1 fully saturated rings. The fourth-order valence-electron chi connectivity index (χ4n) is 1.84. The maximum atomic E-state index is 12.4. The van der Waals surface area contributed by atoms with Gasteiger partial charge in [0.25, 0.3) is 0 Å². The molecule has 0 N–H and O–H groups in total. The van der Waals surface area contributed by atoms with E-state index in [0.717, 1.165) is 6.07 Å². The van der Waals surface area contributed by atoms with Gasteiger partial charge in [-0.1, -0.05) is 0 Å². The highest BCUT2D eigenvalue weighted by Gasteiger charge is 2.35. The van der Waals surface area contributed by atoms with Crippen molar-refractivity contribution < 1.29 is 27.4 Å². The number of anilines is 1. The largest absolute Gasteiger partial charge is 0.467 e. The third-order valence-electron chi connectivity index (χ3n) is 2.84. The number of morpholine rings is 1. The number of carbonyl (C=O) groups excluding carboxylic acids is 1. The molecule has 1 saturated heterocycles. The Kier molecular flexibility index (Phi) is 4.07. The first-order chi connectivity index (χ1) is 9.43. The van der Waals surface area contributed by atoms with Gasteiger partial charge in [0, 0.05) is 6.54 Å². The molecule has 0 spiro atoms. The molecule has 1 atom stereocenters. The molecular weight excluding hydrogens is 279 g/mol. The van der Waals surface area contributed by atoms with Gasteiger partial charge in [-0.15, -0.1) is 10.2 Å². The number of alkyl halides is 3. The van der Waals surface area contributed by atoms with E-state index in [2.05, 4.69) is 14.9 Å². The van der Waals surface area contributed by atoms with Crippen molar-refractivity contribution in [1.29, 1.82) is 0 Å². The first kappa shape index (κ1) is 14.5. The molecule has 1 aliphatic heterocycles. The van der Waals surface area contributed by atoms with E-state index in [-0.39, 0.29) is 12.4 Å². The van der Waals surface area contributed by atoms with Crippen LogP contribution in [0.15, 0.2) is 12.1 Å². The van der Waals surface area contributed by atoms with Crippen molar-refractivity contribution in [3.63, 3.8) is 0 Å². The summed E-state index contributed by atoms with van der Waals surface area (Å²) < 4.78 is 47.0. The fraction of sp³-hybridized carbons (Fsp3) is 0.545. The molecule has 1 aromatic rings. The summed E-state index contributed by atoms with van der Waals surface area (Å²) in [5, 5.41) is 6.66. The van der Waals surface area contributed by atoms with Gasteiger partial charge in [-0.05, 0) is 12.1 Å². The lowest BCUT2D eigenvalue weighted by Crippen LogP contribution is -2.51. The number of nitrogens with zero attached hydrogens (tertiary/aromatic N) is 3. The van der Waals surface area contributed by atoms with Crippen molar-refractivity contribution in [3.8, 4) is 0 Å². The maximum absolute atomic E-state index is 12.4. The smallest absolute Gasteiger partial charge is 0.435 e. The summed E-state index contributed by atoms with van der Waals surface area (Å²) in [6.45, 7) is 0.755. The topological polar surface area (TPSA) is 64.6 Å². The molecule has 1 aromatic heterocycles. The highest BCUT2D eigenvalue weighted by atomic mass is 19.4. The van der Waals surface area contributed by atoms with Crippen LogP contribution in [-0.4, -0.2) is 49.1 Å². The first-order valence-electron chi connectivity index (χ1n) is 5.76. The molecule has 0 aliphatic carbocycles. The average molecular weight is 291 g/mol. The quantitative estimate of drug-likeness (QED) is 0.754. The number of halogens is 3. The molecular formula is C11H12F3N3O3. The van der Waals surface area contributed by atoms with Crippen molar-refractivity contribution in [3.05, 3.63) is 17.8 Å². The van der Waals surface area contributed by atoms with E-state index in [9.17, 15) is 18.0 Å². The summed E-state index contributed by atoms with van der Waals surface area (Å²) in [4.78, 5) is 13.1. The second-order valence-corrected chi connectivity index (χ2v) is 4.08. The van der Waals surface area contributed by atoms with Crippen LogP contribution in [0.5, 0.6) is 0 Å². The minimum atomic E-state index is -4.54. The van der Waals surface area contributed by atoms with Crippen LogP contribution in [0.1, 0.15) is 5.69 Å². The molecule has 110 valence electrons. The zero-order chi connectivity index (χ0) is 14.8. The van der Waals surface area contributed by atoms with Crippen LogP contribution >= 0.6 is 0 Å². The number of methoxy groups -OCH3 is 1. The van der Waals surface area contributed by atoms with Crippen LogP contribution in [0, 0.1) is 0 Å². The first-order valence-corrected chi connectivity index (χ1v) is 5.76. The Balaban J connectivity index is 2.22. The summed E-state index contributed by atoms with van der Waals surface area (Å²) in [6, 6.07) is 1.27. The molecule has 2 heterocycles. The maximum Gasteiger partial charge on any atom is 0.435 e. The third kappa shape index (κ3) is 2.98. The lowest BCUT2D eigenvalue weighted by Gasteiger charge is -2.34. The lowest BCUT2D eigenvalue weighted by molar-refractivity contribution is -0.145. The van der Waals surface area contributed by atoms with Crippen LogP contribution in [0.25, 0.3) is 0 Å². The number of hydrogen-bond acceptors (Lipinski definition) is 6. The molecule has 0 bridgehead atoms. The number of carbonyl (C=O) groups is 1. The van der Waals surface area contributed by atoms with Gasteiger partial charge in [-0.2, -0.15) is 13.2 Å². The van der Waals surface area contributed by atoms with Gasteiger partial charge >= 0.3 is 12.1 Å². The second-order valence-electron chi connectivity index (χ2n) is 4.08. The Morgan fingerprint density at radius 2 is 2.20 bits per heavy atom. The number of rotatable bonds is 2. The van der Waals surface area contributed by atoms with Crippen LogP contribution in [0.2, 0.25) is 0 Å². The van der Waals surface area contributed by atoms with Crippen molar-refractivity contribution in [2.24, 2.45) is 0 Å². The van der Waals surface area contributed by atoms with E-state index in [1.54, 1.807) is 0 Å². The van der Waals surface area contributed by atoms with E-state index < -0.39 is 23.9 Å². The van der Waals surface area contributed by atoms with Crippen LogP contribution in [0.4, 0.5) is 19.0 Å². The van der Waals surface area contributed by atoms with E-state index in [0.29, 0.717) is 13.2 Å². The minimum absolute atomic E-state index is 0.0926. The summed E-state index contributed by atoms with van der Waals surface area (Å²) in [5.41, 5.74) is -1.08. The Morgan fingerprint density at radius 3 is 2.75 bits per heavy atom. The number of aromatic nitrogens is 2. The SMILES string of the molecule is COC(=O)C1COCCN1c1ccc(C(F)(F)F)nn1. The summed E-state index contributed by atoms with van der Waals surface area (Å²) in [6.07, 6.45) is -4.54. The zero-order valence-electron chi connectivity index (χ0n) is 10.6. The van der Waals surface area contributed by atoms with Gasteiger partial charge in [-0.25, -0.2) is 4.79 Å². The zero-order valence-corrected chi connectivity index (χ0v) is 10.6. The van der Waals surface area contributed by atoms with Crippen molar-refractivity contribution in [2.75, 3.05) is 31.8 Å². The Hall–Kier alpha value is -1.90. The van der Waals surface area contributed by atoms with E-state index in [4.69, 9.17) is 4.74 Å². The van der Waals surface area contributed by atoms with Crippen molar-refractivity contribution in [2.45, 2.75) is 12.2 Å². The molecule has 9 heteroatoms. The Morgan fingerprint density at radius 1 is 1.45 bits per heavy atom. The van der Waals surface area contributed by atoms with Gasteiger partial charge in [0.15, 0.2) is 17.6 Å². The molecule has 0 amide bonds. The molecule has 0 radical (unpaired) electrons. The van der Waals surface area contributed by atoms with Gasteiger partial charge in [-0.3, -0.25) is 0 Å². The normalized spacial score (nSPS) is 19.8. The monoisotopic (exact) mass is 291 g/mol. The number of ether oxygens (including phenoxy) is 2. The number of esters is 1. The molecule has 20 heavy (non-hydrogen) atoms. The molecule has 2 rings (SSSR count). The standard InChI is InChI=1S/C11H12F3N3O3/c1-19-10(18)7-6-20-5-4-17(7)9-3-2-8(15-16-9)11(12,13)14/h2-3,7H,4-6H2,1H3. The van der Waals surface area contributed by atoms with Gasteiger partial charge in [0.2, 0.25) is 0 Å². The predicted octanol–water partition coefficient (Wildman–Crippen LogP) is 0.874. The number of hydrogen-bond donors (Lipinski definition) is 0. The highest BCUT2D eigenvalue weighted by molar-refractivity contribution is 5.80. The predicted molar refractivity (Wildman–Crippen MR) is 61.0 cm³/mol.